The molecule has 1 aliphatic rings. The first-order valence-electron chi connectivity index (χ1n) is 6.24. The molecule has 1 aromatic rings. The Bertz CT molecular complexity index is 536. The molecular formula is C13H17N5O. The van der Waals surface area contributed by atoms with E-state index in [1.54, 1.807) is 6.07 Å². The number of nitrogen functional groups attached to an aromatic ring is 1. The van der Waals surface area contributed by atoms with Crippen LogP contribution in [0.25, 0.3) is 0 Å². The summed E-state index contributed by atoms with van der Waals surface area (Å²) in [5.41, 5.74) is 11.9. The second-order valence-corrected chi connectivity index (χ2v) is 4.93. The molecule has 0 radical (unpaired) electrons. The van der Waals surface area contributed by atoms with E-state index >= 15 is 0 Å². The highest BCUT2D eigenvalue weighted by molar-refractivity contribution is 5.77. The zero-order valence-electron chi connectivity index (χ0n) is 10.8. The van der Waals surface area contributed by atoms with Gasteiger partial charge < -0.3 is 16.4 Å². The fraction of sp³-hybridized carbons (Fsp3) is 0.462. The van der Waals surface area contributed by atoms with E-state index in [2.05, 4.69) is 18.0 Å². The molecule has 6 heteroatoms. The number of hydrogen-bond donors (Lipinski definition) is 2. The predicted molar refractivity (Wildman–Crippen MR) is 72.1 cm³/mol. The van der Waals surface area contributed by atoms with E-state index in [9.17, 15) is 10.1 Å². The predicted octanol–water partition coefficient (Wildman–Crippen LogP) is 0.626. The van der Waals surface area contributed by atoms with Gasteiger partial charge >= 0.3 is 0 Å². The van der Waals surface area contributed by atoms with Gasteiger partial charge in [-0.3, -0.25) is 4.79 Å². The van der Waals surface area contributed by atoms with Gasteiger partial charge in [-0.15, -0.1) is 0 Å². The molecule has 2 unspecified atom stereocenters. The number of rotatable bonds is 2. The lowest BCUT2D eigenvalue weighted by atomic mass is 9.92. The molecule has 2 atom stereocenters. The van der Waals surface area contributed by atoms with E-state index in [-0.39, 0.29) is 17.9 Å². The van der Waals surface area contributed by atoms with Crippen molar-refractivity contribution in [2.45, 2.75) is 25.8 Å². The Hall–Kier alpha value is -2.29. The average molecular weight is 259 g/mol. The molecule has 0 bridgehead atoms. The second-order valence-electron chi connectivity index (χ2n) is 4.93. The number of pyridine rings is 1. The van der Waals surface area contributed by atoms with Gasteiger partial charge in [0.05, 0.1) is 23.4 Å². The van der Waals surface area contributed by atoms with Crippen LogP contribution in [0.3, 0.4) is 0 Å². The summed E-state index contributed by atoms with van der Waals surface area (Å²) in [4.78, 5) is 17.5. The van der Waals surface area contributed by atoms with E-state index in [1.165, 1.54) is 6.20 Å². The molecule has 1 aromatic heterocycles. The third kappa shape index (κ3) is 2.60. The number of hydrogen-bond acceptors (Lipinski definition) is 5. The molecule has 6 nitrogen and oxygen atoms in total. The highest BCUT2D eigenvalue weighted by Gasteiger charge is 2.30. The minimum absolute atomic E-state index is 0.193. The first kappa shape index (κ1) is 13.1. The Morgan fingerprint density at radius 2 is 2.32 bits per heavy atom. The Balaban J connectivity index is 2.34. The number of carbonyl (C=O) groups is 1. The number of nitrogens with two attached hydrogens (primary N) is 2. The summed E-state index contributed by atoms with van der Waals surface area (Å²) in [6.45, 7) is 2.55. The molecule has 1 saturated heterocycles. The van der Waals surface area contributed by atoms with Crippen LogP contribution in [-0.4, -0.2) is 23.5 Å². The normalized spacial score (nSPS) is 22.8. The highest BCUT2D eigenvalue weighted by Crippen LogP contribution is 2.29. The van der Waals surface area contributed by atoms with Gasteiger partial charge in [0.2, 0.25) is 5.91 Å². The maximum Gasteiger partial charge on any atom is 0.222 e. The van der Waals surface area contributed by atoms with Crippen LogP contribution in [0.4, 0.5) is 11.5 Å². The summed E-state index contributed by atoms with van der Waals surface area (Å²) in [7, 11) is 0. The molecule has 1 fully saturated rings. The van der Waals surface area contributed by atoms with Crippen molar-refractivity contribution in [1.29, 1.82) is 5.26 Å². The third-order valence-corrected chi connectivity index (χ3v) is 3.56. The van der Waals surface area contributed by atoms with Crippen molar-refractivity contribution >= 4 is 17.4 Å². The van der Waals surface area contributed by atoms with Crippen LogP contribution < -0.4 is 16.4 Å². The van der Waals surface area contributed by atoms with Gasteiger partial charge in [-0.05, 0) is 25.8 Å². The molecule has 100 valence electrons. The topological polar surface area (TPSA) is 109 Å². The van der Waals surface area contributed by atoms with Gasteiger partial charge in [-0.2, -0.15) is 5.26 Å². The SMILES string of the molecule is CC1CCC(C(N)=O)CN1c1ncc(N)cc1C#N. The van der Waals surface area contributed by atoms with E-state index in [0.717, 1.165) is 12.8 Å². The minimum atomic E-state index is -0.300. The summed E-state index contributed by atoms with van der Waals surface area (Å²) >= 11 is 0. The van der Waals surface area contributed by atoms with Crippen LogP contribution in [0.15, 0.2) is 12.3 Å². The number of nitriles is 1. The molecule has 4 N–H and O–H groups in total. The molecule has 0 aromatic carbocycles. The van der Waals surface area contributed by atoms with Gasteiger partial charge in [0.1, 0.15) is 11.9 Å². The molecule has 1 amide bonds. The average Bonchev–Trinajstić information content (AvgIpc) is 2.39. The number of amides is 1. The number of nitrogens with zero attached hydrogens (tertiary/aromatic N) is 3. The van der Waals surface area contributed by atoms with E-state index in [0.29, 0.717) is 23.6 Å². The zero-order valence-corrected chi connectivity index (χ0v) is 10.8. The monoisotopic (exact) mass is 259 g/mol. The molecule has 0 spiro atoms. The molecule has 0 saturated carbocycles. The number of piperidine rings is 1. The number of primary amides is 1. The molecule has 0 aliphatic carbocycles. The molecule has 1 aliphatic heterocycles. The number of aromatic nitrogens is 1. The number of carbonyl (C=O) groups excluding carboxylic acids is 1. The molecule has 2 rings (SSSR count). The Morgan fingerprint density at radius 3 is 2.95 bits per heavy atom. The summed E-state index contributed by atoms with van der Waals surface area (Å²) in [5, 5.41) is 9.17. The zero-order chi connectivity index (χ0) is 14.0. The van der Waals surface area contributed by atoms with Crippen LogP contribution in [0, 0.1) is 17.2 Å². The third-order valence-electron chi connectivity index (χ3n) is 3.56. The standard InChI is InChI=1S/C13H17N5O/c1-8-2-3-9(12(16)19)7-18(8)13-10(5-14)4-11(15)6-17-13/h4,6,8-9H,2-3,7,15H2,1H3,(H2,16,19). The van der Waals surface area contributed by atoms with Crippen molar-refractivity contribution in [2.24, 2.45) is 11.7 Å². The Morgan fingerprint density at radius 1 is 1.58 bits per heavy atom. The molecule has 2 heterocycles. The van der Waals surface area contributed by atoms with E-state index < -0.39 is 0 Å². The smallest absolute Gasteiger partial charge is 0.222 e. The molecular weight excluding hydrogens is 242 g/mol. The van der Waals surface area contributed by atoms with Gasteiger partial charge in [-0.1, -0.05) is 0 Å². The van der Waals surface area contributed by atoms with E-state index in [4.69, 9.17) is 11.5 Å². The lowest BCUT2D eigenvalue weighted by Crippen LogP contribution is -2.46. The highest BCUT2D eigenvalue weighted by atomic mass is 16.1. The number of anilines is 2. The lowest BCUT2D eigenvalue weighted by molar-refractivity contribution is -0.122. The summed E-state index contributed by atoms with van der Waals surface area (Å²) in [6, 6.07) is 3.92. The van der Waals surface area contributed by atoms with Crippen LogP contribution in [0.1, 0.15) is 25.3 Å². The van der Waals surface area contributed by atoms with E-state index in [1.807, 2.05) is 4.90 Å². The first-order chi connectivity index (χ1) is 9.02. The van der Waals surface area contributed by atoms with Gasteiger partial charge in [-0.25, -0.2) is 4.98 Å². The fourth-order valence-corrected chi connectivity index (χ4v) is 2.42. The van der Waals surface area contributed by atoms with Crippen molar-refractivity contribution in [3.05, 3.63) is 17.8 Å². The largest absolute Gasteiger partial charge is 0.397 e. The van der Waals surface area contributed by atoms with Crippen molar-refractivity contribution in [3.8, 4) is 6.07 Å². The van der Waals surface area contributed by atoms with Crippen molar-refractivity contribution in [2.75, 3.05) is 17.2 Å². The first-order valence-corrected chi connectivity index (χ1v) is 6.24. The Labute approximate surface area is 112 Å². The summed E-state index contributed by atoms with van der Waals surface area (Å²) in [6.07, 6.45) is 3.16. The summed E-state index contributed by atoms with van der Waals surface area (Å²) < 4.78 is 0. The Kier molecular flexibility index (Phi) is 3.56. The van der Waals surface area contributed by atoms with Crippen LogP contribution >= 0.6 is 0 Å². The fourth-order valence-electron chi connectivity index (χ4n) is 2.42. The minimum Gasteiger partial charge on any atom is -0.397 e. The van der Waals surface area contributed by atoms with Gasteiger partial charge in [0.15, 0.2) is 0 Å². The van der Waals surface area contributed by atoms with Gasteiger partial charge in [0.25, 0.3) is 0 Å². The van der Waals surface area contributed by atoms with Crippen molar-refractivity contribution in [3.63, 3.8) is 0 Å². The van der Waals surface area contributed by atoms with Crippen LogP contribution in [0.5, 0.6) is 0 Å². The maximum absolute atomic E-state index is 11.3. The van der Waals surface area contributed by atoms with Crippen molar-refractivity contribution in [1.82, 2.24) is 4.98 Å². The second kappa shape index (κ2) is 5.14. The molecule has 19 heavy (non-hydrogen) atoms. The van der Waals surface area contributed by atoms with Crippen LogP contribution in [0.2, 0.25) is 0 Å². The van der Waals surface area contributed by atoms with Gasteiger partial charge in [0, 0.05) is 12.6 Å². The maximum atomic E-state index is 11.3. The quantitative estimate of drug-likeness (QED) is 0.809. The van der Waals surface area contributed by atoms with Crippen molar-refractivity contribution < 1.29 is 4.79 Å². The summed E-state index contributed by atoms with van der Waals surface area (Å²) in [5.74, 6) is 0.0862. The van der Waals surface area contributed by atoms with Crippen LogP contribution in [-0.2, 0) is 4.79 Å². The lowest BCUT2D eigenvalue weighted by Gasteiger charge is -2.38.